The molecule has 1 aliphatic rings. The van der Waals surface area contributed by atoms with Crippen molar-refractivity contribution in [1.82, 2.24) is 15.0 Å². The Morgan fingerprint density at radius 1 is 0.578 bits per heavy atom. The maximum Gasteiger partial charge on any atom is 0.0991 e. The van der Waals surface area contributed by atoms with Crippen LogP contribution in [0.4, 0.5) is 0 Å². The highest BCUT2D eigenvalue weighted by Gasteiger charge is 2.35. The zero-order valence-electron chi connectivity index (χ0n) is 24.8. The summed E-state index contributed by atoms with van der Waals surface area (Å²) >= 11 is 0. The van der Waals surface area contributed by atoms with Crippen LogP contribution >= 0.6 is 0 Å². The summed E-state index contributed by atoms with van der Waals surface area (Å²) < 4.78 is 0. The molecule has 0 atom stereocenters. The normalized spacial score (nSPS) is 13.3. The second kappa shape index (κ2) is 9.29. The molecule has 0 bridgehead atoms. The van der Waals surface area contributed by atoms with Gasteiger partial charge in [-0.25, -0.2) is 4.98 Å². The van der Waals surface area contributed by atoms with Gasteiger partial charge in [0.1, 0.15) is 0 Å². The average Bonchev–Trinajstić information content (AvgIpc) is 3.32. The third-order valence-corrected chi connectivity index (χ3v) is 9.57. The van der Waals surface area contributed by atoms with Crippen LogP contribution in [0.25, 0.3) is 77.0 Å². The van der Waals surface area contributed by atoms with Crippen LogP contribution in [0.15, 0.2) is 122 Å². The molecule has 0 saturated heterocycles. The summed E-state index contributed by atoms with van der Waals surface area (Å²) in [6, 6.07) is 40.5. The summed E-state index contributed by atoms with van der Waals surface area (Å²) in [6.07, 6.45) is 3.68. The standard InChI is InChI=1S/C41H26N4/c1-41(2)33-21-24(23-42)11-17-28(33)29-18-16-27(22-34(29)41)25-12-14-26(15-13-25)38-37-32-9-6-20-44-40(32)39-31(8-5-19-43-39)36(37)30-7-3-4-10-35(30)45-38/h3-22H,1-2H3. The van der Waals surface area contributed by atoms with Crippen LogP contribution in [-0.2, 0) is 5.41 Å². The second-order valence-electron chi connectivity index (χ2n) is 12.4. The topological polar surface area (TPSA) is 62.5 Å². The zero-order valence-corrected chi connectivity index (χ0v) is 24.8. The lowest BCUT2D eigenvalue weighted by Gasteiger charge is -2.22. The van der Waals surface area contributed by atoms with Crippen molar-refractivity contribution in [3.8, 4) is 39.6 Å². The molecular formula is C41H26N4. The summed E-state index contributed by atoms with van der Waals surface area (Å²) in [5, 5.41) is 15.0. The lowest BCUT2D eigenvalue weighted by atomic mass is 9.81. The second-order valence-corrected chi connectivity index (χ2v) is 12.4. The average molecular weight is 575 g/mol. The summed E-state index contributed by atoms with van der Waals surface area (Å²) in [6.45, 7) is 4.50. The van der Waals surface area contributed by atoms with E-state index in [2.05, 4.69) is 98.8 Å². The highest BCUT2D eigenvalue weighted by atomic mass is 14.7. The molecule has 210 valence electrons. The van der Waals surface area contributed by atoms with E-state index in [9.17, 15) is 5.26 Å². The molecule has 0 amide bonds. The number of fused-ring (bicyclic) bond motifs is 11. The van der Waals surface area contributed by atoms with Crippen molar-refractivity contribution in [3.05, 3.63) is 138 Å². The third-order valence-electron chi connectivity index (χ3n) is 9.57. The minimum atomic E-state index is -0.186. The van der Waals surface area contributed by atoms with E-state index in [1.807, 2.05) is 42.7 Å². The Morgan fingerprint density at radius 2 is 1.18 bits per heavy atom. The smallest absolute Gasteiger partial charge is 0.0991 e. The molecule has 0 N–H and O–H groups in total. The molecule has 0 aliphatic heterocycles. The van der Waals surface area contributed by atoms with Crippen LogP contribution in [0.1, 0.15) is 30.5 Å². The van der Waals surface area contributed by atoms with Crippen molar-refractivity contribution in [2.24, 2.45) is 0 Å². The largest absolute Gasteiger partial charge is 0.254 e. The molecule has 4 nitrogen and oxygen atoms in total. The van der Waals surface area contributed by atoms with Crippen molar-refractivity contribution < 1.29 is 0 Å². The Balaban J connectivity index is 1.23. The minimum Gasteiger partial charge on any atom is -0.254 e. The molecule has 8 aromatic rings. The van der Waals surface area contributed by atoms with E-state index < -0.39 is 0 Å². The molecule has 4 heteroatoms. The fourth-order valence-corrected chi connectivity index (χ4v) is 7.36. The van der Waals surface area contributed by atoms with Gasteiger partial charge in [0.25, 0.3) is 0 Å². The molecule has 0 radical (unpaired) electrons. The van der Waals surface area contributed by atoms with Gasteiger partial charge in [-0.05, 0) is 69.8 Å². The number of pyridine rings is 3. The molecule has 0 unspecified atom stereocenters. The number of para-hydroxylation sites is 1. The Bertz CT molecular complexity index is 2570. The summed E-state index contributed by atoms with van der Waals surface area (Å²) in [5.41, 5.74) is 12.5. The SMILES string of the molecule is CC1(C)c2cc(C#N)ccc2-c2ccc(-c3ccc(-c4nc5ccccc5c5c6cccnc6c6ncccc6c45)cc3)cc21. The predicted octanol–water partition coefficient (Wildman–Crippen LogP) is 10.00. The van der Waals surface area contributed by atoms with Crippen LogP contribution in [-0.4, -0.2) is 15.0 Å². The van der Waals surface area contributed by atoms with Crippen molar-refractivity contribution >= 4 is 43.5 Å². The number of aromatic nitrogens is 3. The van der Waals surface area contributed by atoms with Crippen molar-refractivity contribution in [3.63, 3.8) is 0 Å². The molecule has 45 heavy (non-hydrogen) atoms. The molecule has 1 aliphatic carbocycles. The van der Waals surface area contributed by atoms with E-state index >= 15 is 0 Å². The van der Waals surface area contributed by atoms with E-state index in [1.165, 1.54) is 27.8 Å². The van der Waals surface area contributed by atoms with E-state index in [0.717, 1.165) is 60.3 Å². The van der Waals surface area contributed by atoms with Crippen molar-refractivity contribution in [2.45, 2.75) is 19.3 Å². The van der Waals surface area contributed by atoms with Gasteiger partial charge in [-0.15, -0.1) is 0 Å². The highest BCUT2D eigenvalue weighted by Crippen LogP contribution is 2.50. The van der Waals surface area contributed by atoms with Crippen molar-refractivity contribution in [1.29, 1.82) is 5.26 Å². The predicted molar refractivity (Wildman–Crippen MR) is 183 cm³/mol. The van der Waals surface area contributed by atoms with E-state index in [1.54, 1.807) is 0 Å². The van der Waals surface area contributed by atoms with Gasteiger partial charge in [-0.3, -0.25) is 9.97 Å². The van der Waals surface area contributed by atoms with E-state index in [0.29, 0.717) is 5.56 Å². The summed E-state index contributed by atoms with van der Waals surface area (Å²) in [4.78, 5) is 14.8. The summed E-state index contributed by atoms with van der Waals surface area (Å²) in [7, 11) is 0. The van der Waals surface area contributed by atoms with Gasteiger partial charge in [0.15, 0.2) is 0 Å². The Morgan fingerprint density at radius 3 is 1.91 bits per heavy atom. The monoisotopic (exact) mass is 574 g/mol. The quantitative estimate of drug-likeness (QED) is 0.193. The van der Waals surface area contributed by atoms with Crippen LogP contribution in [0.3, 0.4) is 0 Å². The number of hydrogen-bond donors (Lipinski definition) is 0. The van der Waals surface area contributed by atoms with Crippen LogP contribution < -0.4 is 0 Å². The Labute approximate surface area is 260 Å². The van der Waals surface area contributed by atoms with Crippen molar-refractivity contribution in [2.75, 3.05) is 0 Å². The third kappa shape index (κ3) is 3.62. The van der Waals surface area contributed by atoms with Gasteiger partial charge < -0.3 is 0 Å². The van der Waals surface area contributed by atoms with Gasteiger partial charge in [-0.2, -0.15) is 5.26 Å². The molecule has 3 aromatic heterocycles. The molecule has 9 rings (SSSR count). The lowest BCUT2D eigenvalue weighted by Crippen LogP contribution is -2.15. The van der Waals surface area contributed by atoms with Gasteiger partial charge in [0.2, 0.25) is 0 Å². The Kier molecular flexibility index (Phi) is 5.28. The first-order chi connectivity index (χ1) is 22.0. The maximum absolute atomic E-state index is 9.50. The first-order valence-corrected chi connectivity index (χ1v) is 15.2. The Hall–Kier alpha value is -5.92. The number of nitrogens with zero attached hydrogens (tertiary/aromatic N) is 4. The van der Waals surface area contributed by atoms with E-state index in [-0.39, 0.29) is 5.41 Å². The first kappa shape index (κ1) is 25.6. The highest BCUT2D eigenvalue weighted by molar-refractivity contribution is 6.32. The molecule has 0 saturated carbocycles. The lowest BCUT2D eigenvalue weighted by molar-refractivity contribution is 0.660. The number of nitriles is 1. The van der Waals surface area contributed by atoms with Crippen LogP contribution in [0.5, 0.6) is 0 Å². The van der Waals surface area contributed by atoms with E-state index in [4.69, 9.17) is 15.0 Å². The molecular weight excluding hydrogens is 548 g/mol. The minimum absolute atomic E-state index is 0.186. The maximum atomic E-state index is 9.50. The first-order valence-electron chi connectivity index (χ1n) is 15.2. The van der Waals surface area contributed by atoms with Gasteiger partial charge in [0, 0.05) is 50.3 Å². The van der Waals surface area contributed by atoms with Gasteiger partial charge in [-0.1, -0.05) is 86.6 Å². The van der Waals surface area contributed by atoms with Gasteiger partial charge in [0.05, 0.1) is 33.9 Å². The number of hydrogen-bond acceptors (Lipinski definition) is 4. The molecule has 3 heterocycles. The fraction of sp³-hybridized carbons (Fsp3) is 0.0732. The fourth-order valence-electron chi connectivity index (χ4n) is 7.36. The number of benzene rings is 5. The van der Waals surface area contributed by atoms with Gasteiger partial charge >= 0.3 is 0 Å². The molecule has 0 fully saturated rings. The van der Waals surface area contributed by atoms with Crippen LogP contribution in [0, 0.1) is 11.3 Å². The number of rotatable bonds is 2. The van der Waals surface area contributed by atoms with Crippen LogP contribution in [0.2, 0.25) is 0 Å². The molecule has 0 spiro atoms. The summed E-state index contributed by atoms with van der Waals surface area (Å²) in [5.74, 6) is 0. The zero-order chi connectivity index (χ0) is 30.3. The molecule has 5 aromatic carbocycles.